The first kappa shape index (κ1) is 18.5. The molecule has 3 nitrogen and oxygen atoms in total. The predicted molar refractivity (Wildman–Crippen MR) is 107 cm³/mol. The van der Waals surface area contributed by atoms with Gasteiger partial charge in [-0.25, -0.2) is 9.97 Å². The Bertz CT molecular complexity index is 804. The Kier molecular flexibility index (Phi) is 5.68. The number of nitrogens with zero attached hydrogens (tertiary/aromatic N) is 3. The van der Waals surface area contributed by atoms with Gasteiger partial charge in [0.15, 0.2) is 5.65 Å². The number of fused-ring (bicyclic) bond motifs is 1. The van der Waals surface area contributed by atoms with Crippen LogP contribution >= 0.6 is 0 Å². The summed E-state index contributed by atoms with van der Waals surface area (Å²) in [4.78, 5) is 9.95. The highest BCUT2D eigenvalue weighted by molar-refractivity contribution is 6.21. The van der Waals surface area contributed by atoms with Crippen molar-refractivity contribution in [2.24, 2.45) is 0 Å². The minimum atomic E-state index is 0.491. The maximum atomic E-state index is 5.00. The van der Waals surface area contributed by atoms with E-state index in [0.717, 1.165) is 35.4 Å². The first-order valence-corrected chi connectivity index (χ1v) is 8.98. The van der Waals surface area contributed by atoms with E-state index >= 15 is 0 Å². The highest BCUT2D eigenvalue weighted by Gasteiger charge is 2.17. The van der Waals surface area contributed by atoms with E-state index < -0.39 is 0 Å². The molecule has 4 heteroatoms. The monoisotopic (exact) mass is 323 g/mol. The fourth-order valence-electron chi connectivity index (χ4n) is 3.33. The summed E-state index contributed by atoms with van der Waals surface area (Å²) >= 11 is 0. The highest BCUT2D eigenvalue weighted by atomic mass is 15.1. The van der Waals surface area contributed by atoms with Crippen LogP contribution in [0.2, 0.25) is 0 Å². The van der Waals surface area contributed by atoms with Gasteiger partial charge < -0.3 is 4.57 Å². The van der Waals surface area contributed by atoms with E-state index in [1.54, 1.807) is 0 Å². The third kappa shape index (κ3) is 3.48. The topological polar surface area (TPSA) is 30.7 Å². The number of aromatic nitrogens is 3. The van der Waals surface area contributed by atoms with Gasteiger partial charge >= 0.3 is 0 Å². The largest absolute Gasteiger partial charge is 0.328 e. The maximum absolute atomic E-state index is 5.00. The molecule has 2 heterocycles. The average Bonchev–Trinajstić information content (AvgIpc) is 2.83. The number of aryl methyl sites for hydroxylation is 2. The van der Waals surface area contributed by atoms with Gasteiger partial charge in [0.2, 0.25) is 0 Å². The summed E-state index contributed by atoms with van der Waals surface area (Å²) in [5.41, 5.74) is 9.05. The van der Waals surface area contributed by atoms with Crippen LogP contribution in [0.5, 0.6) is 0 Å². The standard InChI is InChI=1S/C20H30BN3/c1-8-17(9-2)24-11-13(4)18-20(24)22-16(7)19(23-18)15(6)12(3)10-14(5)21/h10-11,17H,8-9,21H2,1-7H3/b14-10+,15-12+. The van der Waals surface area contributed by atoms with Crippen LogP contribution in [0.15, 0.2) is 23.3 Å². The third-order valence-corrected chi connectivity index (χ3v) is 4.79. The van der Waals surface area contributed by atoms with Crippen molar-refractivity contribution in [2.45, 2.75) is 67.3 Å². The highest BCUT2D eigenvalue weighted by Crippen LogP contribution is 2.28. The second kappa shape index (κ2) is 7.37. The minimum absolute atomic E-state index is 0.491. The van der Waals surface area contributed by atoms with E-state index in [1.807, 2.05) is 0 Å². The van der Waals surface area contributed by atoms with E-state index in [1.165, 1.54) is 22.2 Å². The van der Waals surface area contributed by atoms with E-state index in [-0.39, 0.29) is 0 Å². The van der Waals surface area contributed by atoms with E-state index in [9.17, 15) is 0 Å². The number of allylic oxidation sites excluding steroid dienone is 4. The molecule has 128 valence electrons. The molecule has 0 spiro atoms. The van der Waals surface area contributed by atoms with Gasteiger partial charge in [-0.15, -0.1) is 5.47 Å². The van der Waals surface area contributed by atoms with Gasteiger partial charge in [0, 0.05) is 12.2 Å². The molecule has 0 fully saturated rings. The van der Waals surface area contributed by atoms with Gasteiger partial charge in [-0.3, -0.25) is 0 Å². The van der Waals surface area contributed by atoms with Crippen LogP contribution < -0.4 is 0 Å². The molecule has 0 unspecified atom stereocenters. The van der Waals surface area contributed by atoms with Crippen LogP contribution in [0.3, 0.4) is 0 Å². The maximum Gasteiger partial charge on any atom is 0.159 e. The molecule has 0 saturated carbocycles. The Morgan fingerprint density at radius 2 is 1.79 bits per heavy atom. The van der Waals surface area contributed by atoms with Crippen LogP contribution in [0, 0.1) is 13.8 Å². The first-order chi connectivity index (χ1) is 11.3. The molecule has 24 heavy (non-hydrogen) atoms. The Morgan fingerprint density at radius 1 is 1.17 bits per heavy atom. The molecule has 0 atom stereocenters. The summed E-state index contributed by atoms with van der Waals surface area (Å²) in [6, 6.07) is 0.491. The lowest BCUT2D eigenvalue weighted by molar-refractivity contribution is 0.482. The second-order valence-electron chi connectivity index (χ2n) is 7.05. The molecule has 0 bridgehead atoms. The number of hydrogen-bond donors (Lipinski definition) is 0. The van der Waals surface area contributed by atoms with E-state index in [0.29, 0.717) is 6.04 Å². The third-order valence-electron chi connectivity index (χ3n) is 4.79. The molecule has 2 rings (SSSR count). The molecule has 0 radical (unpaired) electrons. The minimum Gasteiger partial charge on any atom is -0.328 e. The van der Waals surface area contributed by atoms with Crippen LogP contribution in [0.1, 0.15) is 70.5 Å². The molecule has 0 aliphatic carbocycles. The molecular weight excluding hydrogens is 293 g/mol. The lowest BCUT2D eigenvalue weighted by Gasteiger charge is -2.16. The normalized spacial score (nSPS) is 13.8. The van der Waals surface area contributed by atoms with Gasteiger partial charge in [-0.2, -0.15) is 0 Å². The fourth-order valence-corrected chi connectivity index (χ4v) is 3.33. The van der Waals surface area contributed by atoms with Crippen molar-refractivity contribution in [1.29, 1.82) is 0 Å². The zero-order chi connectivity index (χ0) is 18.0. The quantitative estimate of drug-likeness (QED) is 0.588. The van der Waals surface area contributed by atoms with Crippen molar-refractivity contribution in [2.75, 3.05) is 0 Å². The summed E-state index contributed by atoms with van der Waals surface area (Å²) < 4.78 is 2.32. The van der Waals surface area contributed by atoms with E-state index in [2.05, 4.69) is 73.2 Å². The van der Waals surface area contributed by atoms with Crippen molar-refractivity contribution >= 4 is 24.6 Å². The second-order valence-corrected chi connectivity index (χ2v) is 7.05. The SMILES string of the molecule is B/C(C)=C/C(C)=C(\C)c1nc2c(C)cn(C(CC)CC)c2nc1C. The molecule has 0 aromatic carbocycles. The molecule has 2 aromatic heterocycles. The molecule has 0 aliphatic heterocycles. The summed E-state index contributed by atoms with van der Waals surface area (Å²) in [6.45, 7) is 15.1. The first-order valence-electron chi connectivity index (χ1n) is 8.98. The number of rotatable bonds is 5. The Hall–Kier alpha value is -1.84. The summed E-state index contributed by atoms with van der Waals surface area (Å²) in [6.07, 6.45) is 6.65. The Balaban J connectivity index is 2.68. The average molecular weight is 323 g/mol. The van der Waals surface area contributed by atoms with Crippen LogP contribution in [0.25, 0.3) is 16.7 Å². The van der Waals surface area contributed by atoms with Crippen molar-refractivity contribution in [3.8, 4) is 0 Å². The fraction of sp³-hybridized carbons (Fsp3) is 0.500. The predicted octanol–water partition coefficient (Wildman–Crippen LogP) is 4.74. The van der Waals surface area contributed by atoms with Crippen LogP contribution in [0.4, 0.5) is 0 Å². The molecule has 0 N–H and O–H groups in total. The Labute approximate surface area is 147 Å². The smallest absolute Gasteiger partial charge is 0.159 e. The zero-order valence-corrected chi connectivity index (χ0v) is 16.5. The van der Waals surface area contributed by atoms with Crippen molar-refractivity contribution < 1.29 is 0 Å². The van der Waals surface area contributed by atoms with Crippen molar-refractivity contribution in [1.82, 2.24) is 14.5 Å². The van der Waals surface area contributed by atoms with Crippen molar-refractivity contribution in [3.63, 3.8) is 0 Å². The number of hydrogen-bond acceptors (Lipinski definition) is 2. The lowest BCUT2D eigenvalue weighted by atomic mass is 9.94. The zero-order valence-electron chi connectivity index (χ0n) is 16.5. The Morgan fingerprint density at radius 3 is 2.33 bits per heavy atom. The van der Waals surface area contributed by atoms with Crippen LogP contribution in [-0.2, 0) is 0 Å². The lowest BCUT2D eigenvalue weighted by Crippen LogP contribution is -2.07. The molecular formula is C20H30BN3. The summed E-state index contributed by atoms with van der Waals surface area (Å²) in [5.74, 6) is 0. The van der Waals surface area contributed by atoms with Gasteiger partial charge in [0.05, 0.1) is 11.4 Å². The summed E-state index contributed by atoms with van der Waals surface area (Å²) in [5, 5.41) is 0. The van der Waals surface area contributed by atoms with Gasteiger partial charge in [-0.1, -0.05) is 26.8 Å². The molecule has 2 aromatic rings. The van der Waals surface area contributed by atoms with Crippen LogP contribution in [-0.4, -0.2) is 22.4 Å². The van der Waals surface area contributed by atoms with E-state index in [4.69, 9.17) is 9.97 Å². The molecule has 0 amide bonds. The van der Waals surface area contributed by atoms with Gasteiger partial charge in [-0.05, 0) is 57.2 Å². The molecule has 0 saturated heterocycles. The van der Waals surface area contributed by atoms with Crippen molar-refractivity contribution in [3.05, 3.63) is 40.3 Å². The molecule has 0 aliphatic rings. The van der Waals surface area contributed by atoms with Gasteiger partial charge in [0.25, 0.3) is 0 Å². The van der Waals surface area contributed by atoms with Gasteiger partial charge in [0.1, 0.15) is 13.4 Å². The summed E-state index contributed by atoms with van der Waals surface area (Å²) in [7, 11) is 2.12.